The summed E-state index contributed by atoms with van der Waals surface area (Å²) in [6, 6.07) is 5.51. The summed E-state index contributed by atoms with van der Waals surface area (Å²) >= 11 is 8.38. The van der Waals surface area contributed by atoms with Gasteiger partial charge in [-0.3, -0.25) is 4.90 Å². The molecule has 0 atom stereocenters. The van der Waals surface area contributed by atoms with Gasteiger partial charge in [-0.1, -0.05) is 11.6 Å². The molecular formula is C17H25ClN4O2S. The number of anilines is 2. The molecule has 2 N–H and O–H groups in total. The Labute approximate surface area is 158 Å². The Balaban J connectivity index is 1.45. The van der Waals surface area contributed by atoms with E-state index in [-0.39, 0.29) is 6.03 Å². The molecule has 138 valence electrons. The van der Waals surface area contributed by atoms with Crippen molar-refractivity contribution in [3.8, 4) is 0 Å². The number of halogens is 1. The van der Waals surface area contributed by atoms with E-state index in [4.69, 9.17) is 16.3 Å². The molecule has 25 heavy (non-hydrogen) atoms. The third-order valence-corrected chi connectivity index (χ3v) is 5.62. The molecule has 3 rings (SSSR count). The van der Waals surface area contributed by atoms with Crippen LogP contribution in [-0.4, -0.2) is 74.9 Å². The molecule has 2 heterocycles. The van der Waals surface area contributed by atoms with E-state index in [0.717, 1.165) is 63.1 Å². The molecular weight excluding hydrogens is 360 g/mol. The van der Waals surface area contributed by atoms with Gasteiger partial charge in [0, 0.05) is 56.5 Å². The molecule has 0 radical (unpaired) electrons. The van der Waals surface area contributed by atoms with Crippen molar-refractivity contribution in [2.45, 2.75) is 0 Å². The minimum absolute atomic E-state index is 0.202. The van der Waals surface area contributed by atoms with Gasteiger partial charge in [0.2, 0.25) is 0 Å². The molecule has 1 aromatic rings. The standard InChI is InChI=1S/C17H25ClN4O2S/c18-15-13-14(1-2-16(15)22-7-11-25-12-8-22)20-17(23)19-3-4-21-5-9-24-10-6-21/h1-2,13H,3-12H2,(H2,19,20,23). The average Bonchev–Trinajstić information content (AvgIpc) is 2.63. The van der Waals surface area contributed by atoms with Gasteiger partial charge in [-0.15, -0.1) is 0 Å². The lowest BCUT2D eigenvalue weighted by Crippen LogP contribution is -2.42. The van der Waals surface area contributed by atoms with E-state index in [9.17, 15) is 4.79 Å². The Morgan fingerprint density at radius 3 is 2.68 bits per heavy atom. The fraction of sp³-hybridized carbons (Fsp3) is 0.588. The summed E-state index contributed by atoms with van der Waals surface area (Å²) in [7, 11) is 0. The SMILES string of the molecule is O=C(NCCN1CCOCC1)Nc1ccc(N2CCSCC2)c(Cl)c1. The van der Waals surface area contributed by atoms with E-state index >= 15 is 0 Å². The van der Waals surface area contributed by atoms with Gasteiger partial charge in [-0.25, -0.2) is 4.79 Å². The summed E-state index contributed by atoms with van der Waals surface area (Å²) < 4.78 is 5.31. The minimum atomic E-state index is -0.202. The molecule has 2 aliphatic rings. The zero-order chi connectivity index (χ0) is 17.5. The number of morpholine rings is 1. The maximum atomic E-state index is 12.0. The summed E-state index contributed by atoms with van der Waals surface area (Å²) in [5.41, 5.74) is 1.75. The Morgan fingerprint density at radius 1 is 1.20 bits per heavy atom. The zero-order valence-corrected chi connectivity index (χ0v) is 15.9. The number of nitrogens with one attached hydrogen (secondary N) is 2. The largest absolute Gasteiger partial charge is 0.379 e. The Hall–Kier alpha value is -1.15. The van der Waals surface area contributed by atoms with Crippen molar-refractivity contribution in [1.82, 2.24) is 10.2 Å². The highest BCUT2D eigenvalue weighted by Gasteiger charge is 2.15. The number of ether oxygens (including phenoxy) is 1. The van der Waals surface area contributed by atoms with Gasteiger partial charge in [-0.2, -0.15) is 11.8 Å². The molecule has 2 aliphatic heterocycles. The summed E-state index contributed by atoms with van der Waals surface area (Å²) in [6.45, 7) is 6.87. The van der Waals surface area contributed by atoms with Crippen molar-refractivity contribution in [1.29, 1.82) is 0 Å². The van der Waals surface area contributed by atoms with Gasteiger partial charge in [0.1, 0.15) is 0 Å². The highest BCUT2D eigenvalue weighted by Crippen LogP contribution is 2.30. The smallest absolute Gasteiger partial charge is 0.319 e. The van der Waals surface area contributed by atoms with Crippen molar-refractivity contribution in [3.63, 3.8) is 0 Å². The first-order chi connectivity index (χ1) is 12.2. The topological polar surface area (TPSA) is 56.8 Å². The van der Waals surface area contributed by atoms with Gasteiger partial charge in [0.05, 0.1) is 23.9 Å². The third-order valence-electron chi connectivity index (χ3n) is 4.37. The van der Waals surface area contributed by atoms with E-state index in [1.165, 1.54) is 0 Å². The van der Waals surface area contributed by atoms with Crippen molar-refractivity contribution in [3.05, 3.63) is 23.2 Å². The molecule has 2 amide bonds. The molecule has 2 saturated heterocycles. The number of urea groups is 1. The van der Waals surface area contributed by atoms with E-state index < -0.39 is 0 Å². The first-order valence-corrected chi connectivity index (χ1v) is 10.2. The van der Waals surface area contributed by atoms with Crippen molar-refractivity contribution in [2.24, 2.45) is 0 Å². The van der Waals surface area contributed by atoms with E-state index in [1.807, 2.05) is 30.0 Å². The Kier molecular flexibility index (Phi) is 7.10. The first-order valence-electron chi connectivity index (χ1n) is 8.69. The normalized spacial score (nSPS) is 18.8. The molecule has 1 aromatic carbocycles. The molecule has 6 nitrogen and oxygen atoms in total. The number of hydrogen-bond donors (Lipinski definition) is 2. The van der Waals surface area contributed by atoms with Crippen molar-refractivity contribution < 1.29 is 9.53 Å². The molecule has 0 aromatic heterocycles. The summed E-state index contributed by atoms with van der Waals surface area (Å²) in [5.74, 6) is 2.25. The quantitative estimate of drug-likeness (QED) is 0.816. The number of hydrogen-bond acceptors (Lipinski definition) is 5. The van der Waals surface area contributed by atoms with Gasteiger partial charge >= 0.3 is 6.03 Å². The predicted octanol–water partition coefficient (Wildman–Crippen LogP) is 2.35. The van der Waals surface area contributed by atoms with Crippen LogP contribution < -0.4 is 15.5 Å². The summed E-state index contributed by atoms with van der Waals surface area (Å²) in [5, 5.41) is 6.42. The number of amides is 2. The van der Waals surface area contributed by atoms with Crippen molar-refractivity contribution >= 4 is 40.8 Å². The second-order valence-electron chi connectivity index (χ2n) is 6.10. The third kappa shape index (κ3) is 5.67. The summed E-state index contributed by atoms with van der Waals surface area (Å²) in [6.07, 6.45) is 0. The fourth-order valence-electron chi connectivity index (χ4n) is 2.97. The van der Waals surface area contributed by atoms with E-state index in [2.05, 4.69) is 20.4 Å². The van der Waals surface area contributed by atoms with Gasteiger partial charge in [-0.05, 0) is 18.2 Å². The molecule has 0 bridgehead atoms. The maximum Gasteiger partial charge on any atom is 0.319 e. The monoisotopic (exact) mass is 384 g/mol. The lowest BCUT2D eigenvalue weighted by Gasteiger charge is -2.29. The lowest BCUT2D eigenvalue weighted by atomic mass is 10.2. The second kappa shape index (κ2) is 9.52. The van der Waals surface area contributed by atoms with Gasteiger partial charge < -0.3 is 20.3 Å². The van der Waals surface area contributed by atoms with Crippen LogP contribution in [0.15, 0.2) is 18.2 Å². The van der Waals surface area contributed by atoms with Gasteiger partial charge in [0.25, 0.3) is 0 Å². The van der Waals surface area contributed by atoms with Crippen LogP contribution in [0, 0.1) is 0 Å². The van der Waals surface area contributed by atoms with E-state index in [0.29, 0.717) is 17.3 Å². The summed E-state index contributed by atoms with van der Waals surface area (Å²) in [4.78, 5) is 16.6. The van der Waals surface area contributed by atoms with Crippen molar-refractivity contribution in [2.75, 3.05) is 74.2 Å². The Bertz CT molecular complexity index is 578. The number of rotatable bonds is 5. The Morgan fingerprint density at radius 2 is 1.96 bits per heavy atom. The molecule has 2 fully saturated rings. The number of carbonyl (C=O) groups is 1. The van der Waals surface area contributed by atoms with Crippen LogP contribution in [0.4, 0.5) is 16.2 Å². The fourth-order valence-corrected chi connectivity index (χ4v) is 4.18. The van der Waals surface area contributed by atoms with Crippen LogP contribution >= 0.6 is 23.4 Å². The zero-order valence-electron chi connectivity index (χ0n) is 14.3. The number of nitrogens with zero attached hydrogens (tertiary/aromatic N) is 2. The minimum Gasteiger partial charge on any atom is -0.379 e. The predicted molar refractivity (Wildman–Crippen MR) is 105 cm³/mol. The van der Waals surface area contributed by atoms with Crippen LogP contribution in [-0.2, 0) is 4.74 Å². The molecule has 0 saturated carbocycles. The highest BCUT2D eigenvalue weighted by atomic mass is 35.5. The van der Waals surface area contributed by atoms with Crippen LogP contribution in [0.1, 0.15) is 0 Å². The van der Waals surface area contributed by atoms with Crippen LogP contribution in [0.2, 0.25) is 5.02 Å². The van der Waals surface area contributed by atoms with Crippen LogP contribution in [0.5, 0.6) is 0 Å². The van der Waals surface area contributed by atoms with Crippen LogP contribution in [0.3, 0.4) is 0 Å². The molecule has 8 heteroatoms. The molecule has 0 spiro atoms. The average molecular weight is 385 g/mol. The number of benzene rings is 1. The first kappa shape index (κ1) is 18.6. The van der Waals surface area contributed by atoms with Gasteiger partial charge in [0.15, 0.2) is 0 Å². The highest BCUT2D eigenvalue weighted by molar-refractivity contribution is 7.99. The number of thioether (sulfide) groups is 1. The van der Waals surface area contributed by atoms with Crippen LogP contribution in [0.25, 0.3) is 0 Å². The lowest BCUT2D eigenvalue weighted by molar-refractivity contribution is 0.0388. The molecule has 0 aliphatic carbocycles. The number of carbonyl (C=O) groups excluding carboxylic acids is 1. The second-order valence-corrected chi connectivity index (χ2v) is 7.73. The van der Waals surface area contributed by atoms with E-state index in [1.54, 1.807) is 0 Å². The maximum absolute atomic E-state index is 12.0. The molecule has 0 unspecified atom stereocenters.